The Hall–Kier alpha value is -1.63. The number of amides is 1. The summed E-state index contributed by atoms with van der Waals surface area (Å²) >= 11 is 0. The van der Waals surface area contributed by atoms with Crippen LogP contribution >= 0.6 is 0 Å². The number of aliphatic hydroxyl groups is 1. The molecule has 24 heavy (non-hydrogen) atoms. The summed E-state index contributed by atoms with van der Waals surface area (Å²) < 4.78 is 11.2. The number of ether oxygens (including phenoxy) is 2. The number of hydrogen-bond donors (Lipinski definition) is 3. The van der Waals surface area contributed by atoms with Crippen molar-refractivity contribution in [3.63, 3.8) is 0 Å². The first-order valence-corrected chi connectivity index (χ1v) is 8.76. The van der Waals surface area contributed by atoms with Crippen molar-refractivity contribution in [1.82, 2.24) is 5.32 Å². The Bertz CT molecular complexity index is 528. The third-order valence-corrected chi connectivity index (χ3v) is 4.52. The molecule has 132 valence electrons. The summed E-state index contributed by atoms with van der Waals surface area (Å²) in [5.74, 6) is 0.690. The molecule has 0 spiro atoms. The maximum absolute atomic E-state index is 12.1. The smallest absolute Gasteiger partial charge is 0.226 e. The van der Waals surface area contributed by atoms with Crippen molar-refractivity contribution in [2.24, 2.45) is 0 Å². The summed E-state index contributed by atoms with van der Waals surface area (Å²) in [6, 6.07) is 7.40. The lowest BCUT2D eigenvalue weighted by molar-refractivity contribution is -0.117. The van der Waals surface area contributed by atoms with Crippen LogP contribution < -0.4 is 15.4 Å². The molecule has 0 radical (unpaired) electrons. The molecular formula is C18H26N2O4. The molecule has 2 aliphatic rings. The predicted molar refractivity (Wildman–Crippen MR) is 91.2 cm³/mol. The Morgan fingerprint density at radius 3 is 2.79 bits per heavy atom. The first-order chi connectivity index (χ1) is 11.7. The third-order valence-electron chi connectivity index (χ3n) is 4.52. The van der Waals surface area contributed by atoms with Gasteiger partial charge in [0.1, 0.15) is 11.9 Å². The number of nitrogens with one attached hydrogen (secondary N) is 2. The molecule has 2 fully saturated rings. The molecule has 0 aromatic heterocycles. The van der Waals surface area contributed by atoms with E-state index in [1.165, 1.54) is 0 Å². The van der Waals surface area contributed by atoms with Crippen molar-refractivity contribution < 1.29 is 19.4 Å². The van der Waals surface area contributed by atoms with E-state index in [9.17, 15) is 9.90 Å². The van der Waals surface area contributed by atoms with Gasteiger partial charge in [0.2, 0.25) is 5.91 Å². The van der Waals surface area contributed by atoms with Gasteiger partial charge in [0, 0.05) is 24.7 Å². The van der Waals surface area contributed by atoms with Gasteiger partial charge in [0.15, 0.2) is 0 Å². The first-order valence-electron chi connectivity index (χ1n) is 8.76. The Kier molecular flexibility index (Phi) is 6.07. The summed E-state index contributed by atoms with van der Waals surface area (Å²) in [6.45, 7) is 2.07. The molecule has 6 nitrogen and oxygen atoms in total. The first kappa shape index (κ1) is 17.2. The van der Waals surface area contributed by atoms with Crippen LogP contribution in [0.5, 0.6) is 5.75 Å². The zero-order valence-corrected chi connectivity index (χ0v) is 13.9. The number of rotatable bonds is 5. The van der Waals surface area contributed by atoms with Crippen LogP contribution in [0.4, 0.5) is 5.69 Å². The van der Waals surface area contributed by atoms with Crippen molar-refractivity contribution in [2.45, 2.75) is 50.4 Å². The van der Waals surface area contributed by atoms with Gasteiger partial charge in [-0.15, -0.1) is 0 Å². The van der Waals surface area contributed by atoms with E-state index in [2.05, 4.69) is 10.6 Å². The van der Waals surface area contributed by atoms with Crippen LogP contribution in [-0.4, -0.2) is 49.0 Å². The SMILES string of the molecule is O=C(CC1COCCN1)Nc1ccc(OC2CCCCC2O)cc1. The summed E-state index contributed by atoms with van der Waals surface area (Å²) in [5, 5.41) is 16.1. The van der Waals surface area contributed by atoms with E-state index in [0.29, 0.717) is 19.6 Å². The van der Waals surface area contributed by atoms with Gasteiger partial charge < -0.3 is 25.2 Å². The number of carbonyl (C=O) groups is 1. The monoisotopic (exact) mass is 334 g/mol. The Balaban J connectivity index is 1.47. The summed E-state index contributed by atoms with van der Waals surface area (Å²) in [7, 11) is 0. The summed E-state index contributed by atoms with van der Waals surface area (Å²) in [4.78, 5) is 12.1. The van der Waals surface area contributed by atoms with Gasteiger partial charge in [0.25, 0.3) is 0 Å². The molecule has 0 bridgehead atoms. The fourth-order valence-electron chi connectivity index (χ4n) is 3.19. The number of morpholine rings is 1. The van der Waals surface area contributed by atoms with Crippen LogP contribution in [0.3, 0.4) is 0 Å². The molecule has 3 unspecified atom stereocenters. The zero-order chi connectivity index (χ0) is 16.8. The molecule has 3 N–H and O–H groups in total. The van der Waals surface area contributed by atoms with E-state index in [1.54, 1.807) is 0 Å². The maximum atomic E-state index is 12.1. The van der Waals surface area contributed by atoms with Gasteiger partial charge in [0.05, 0.1) is 19.3 Å². The molecule has 6 heteroatoms. The van der Waals surface area contributed by atoms with Crippen molar-refractivity contribution in [3.05, 3.63) is 24.3 Å². The molecule has 1 aromatic rings. The molecule has 1 heterocycles. The van der Waals surface area contributed by atoms with Crippen molar-refractivity contribution >= 4 is 11.6 Å². The Labute approximate surface area is 142 Å². The minimum absolute atomic E-state index is 0.0330. The molecule has 1 aliphatic carbocycles. The van der Waals surface area contributed by atoms with Crippen LogP contribution in [-0.2, 0) is 9.53 Å². The number of benzene rings is 1. The average Bonchev–Trinajstić information content (AvgIpc) is 2.59. The minimum Gasteiger partial charge on any atom is -0.488 e. The minimum atomic E-state index is -0.386. The van der Waals surface area contributed by atoms with Crippen LogP contribution in [0.2, 0.25) is 0 Å². The summed E-state index contributed by atoms with van der Waals surface area (Å²) in [5.41, 5.74) is 0.744. The highest BCUT2D eigenvalue weighted by molar-refractivity contribution is 5.91. The highest BCUT2D eigenvalue weighted by Crippen LogP contribution is 2.25. The second-order valence-corrected chi connectivity index (χ2v) is 6.51. The van der Waals surface area contributed by atoms with Crippen LogP contribution in [0.15, 0.2) is 24.3 Å². The van der Waals surface area contributed by atoms with Gasteiger partial charge in [-0.2, -0.15) is 0 Å². The average molecular weight is 334 g/mol. The molecule has 1 amide bonds. The van der Waals surface area contributed by atoms with E-state index < -0.39 is 0 Å². The normalized spacial score (nSPS) is 27.5. The summed E-state index contributed by atoms with van der Waals surface area (Å²) in [6.07, 6.45) is 3.72. The second kappa shape index (κ2) is 8.46. The number of anilines is 1. The fraction of sp³-hybridized carbons (Fsp3) is 0.611. The Morgan fingerprint density at radius 2 is 2.08 bits per heavy atom. The topological polar surface area (TPSA) is 79.8 Å². The number of hydrogen-bond acceptors (Lipinski definition) is 5. The fourth-order valence-corrected chi connectivity index (χ4v) is 3.19. The van der Waals surface area contributed by atoms with Crippen LogP contribution in [0.25, 0.3) is 0 Å². The number of carbonyl (C=O) groups excluding carboxylic acids is 1. The third kappa shape index (κ3) is 4.93. The lowest BCUT2D eigenvalue weighted by atomic mass is 9.95. The molecule has 1 saturated heterocycles. The van der Waals surface area contributed by atoms with E-state index in [0.717, 1.165) is 43.7 Å². The van der Waals surface area contributed by atoms with E-state index in [4.69, 9.17) is 9.47 Å². The lowest BCUT2D eigenvalue weighted by Gasteiger charge is -2.28. The van der Waals surface area contributed by atoms with Crippen molar-refractivity contribution in [1.29, 1.82) is 0 Å². The zero-order valence-electron chi connectivity index (χ0n) is 13.9. The van der Waals surface area contributed by atoms with Gasteiger partial charge in [-0.05, 0) is 43.5 Å². The van der Waals surface area contributed by atoms with Gasteiger partial charge in [-0.25, -0.2) is 0 Å². The van der Waals surface area contributed by atoms with E-state index >= 15 is 0 Å². The standard InChI is InChI=1S/C18H26N2O4/c21-16-3-1-2-4-17(16)24-15-7-5-13(6-8-15)20-18(22)11-14-12-23-10-9-19-14/h5-8,14,16-17,19,21H,1-4,9-12H2,(H,20,22). The van der Waals surface area contributed by atoms with E-state index in [-0.39, 0.29) is 24.2 Å². The van der Waals surface area contributed by atoms with Crippen molar-refractivity contribution in [2.75, 3.05) is 25.1 Å². The largest absolute Gasteiger partial charge is 0.488 e. The quantitative estimate of drug-likeness (QED) is 0.763. The van der Waals surface area contributed by atoms with Crippen LogP contribution in [0, 0.1) is 0 Å². The Morgan fingerprint density at radius 1 is 1.29 bits per heavy atom. The molecule has 1 aromatic carbocycles. The highest BCUT2D eigenvalue weighted by Gasteiger charge is 2.24. The van der Waals surface area contributed by atoms with E-state index in [1.807, 2.05) is 24.3 Å². The molecular weight excluding hydrogens is 308 g/mol. The second-order valence-electron chi connectivity index (χ2n) is 6.51. The van der Waals surface area contributed by atoms with Gasteiger partial charge in [-0.1, -0.05) is 6.42 Å². The van der Waals surface area contributed by atoms with Gasteiger partial charge >= 0.3 is 0 Å². The number of aliphatic hydroxyl groups excluding tert-OH is 1. The van der Waals surface area contributed by atoms with Crippen LogP contribution in [0.1, 0.15) is 32.1 Å². The lowest BCUT2D eigenvalue weighted by Crippen LogP contribution is -2.43. The maximum Gasteiger partial charge on any atom is 0.226 e. The molecule has 1 saturated carbocycles. The molecule has 1 aliphatic heterocycles. The van der Waals surface area contributed by atoms with Crippen molar-refractivity contribution in [3.8, 4) is 5.75 Å². The highest BCUT2D eigenvalue weighted by atomic mass is 16.5. The van der Waals surface area contributed by atoms with Gasteiger partial charge in [-0.3, -0.25) is 4.79 Å². The molecule has 3 rings (SSSR count). The molecule has 3 atom stereocenters. The predicted octanol–water partition coefficient (Wildman–Crippen LogP) is 1.69.